The predicted octanol–water partition coefficient (Wildman–Crippen LogP) is 2.56. The van der Waals surface area contributed by atoms with E-state index < -0.39 is 0 Å². The van der Waals surface area contributed by atoms with E-state index in [0.717, 1.165) is 5.92 Å². The van der Waals surface area contributed by atoms with Crippen molar-refractivity contribution in [2.45, 2.75) is 18.7 Å². The van der Waals surface area contributed by atoms with Crippen LogP contribution in [0.1, 0.15) is 13.8 Å². The Morgan fingerprint density at radius 2 is 1.92 bits per heavy atom. The van der Waals surface area contributed by atoms with Gasteiger partial charge in [-0.1, -0.05) is 0 Å². The van der Waals surface area contributed by atoms with E-state index in [1.807, 2.05) is 21.6 Å². The van der Waals surface area contributed by atoms with Crippen LogP contribution in [-0.2, 0) is 0 Å². The molecule has 0 unspecified atom stereocenters. The first-order valence-electron chi connectivity index (χ1n) is 4.35. The molecule has 0 atom stereocenters. The van der Waals surface area contributed by atoms with Gasteiger partial charge in [-0.25, -0.2) is 0 Å². The number of hydrogen-bond acceptors (Lipinski definition) is 2. The summed E-state index contributed by atoms with van der Waals surface area (Å²) >= 11 is 0.00977. The van der Waals surface area contributed by atoms with E-state index in [4.69, 9.17) is 0 Å². The summed E-state index contributed by atoms with van der Waals surface area (Å²) in [5, 5.41) is 0. The van der Waals surface area contributed by atoms with E-state index in [9.17, 15) is 0 Å². The Labute approximate surface area is 93.3 Å². The predicted molar refractivity (Wildman–Crippen MR) is 65.1 cm³/mol. The first kappa shape index (κ1) is 9.87. The summed E-state index contributed by atoms with van der Waals surface area (Å²) in [5.74, 6) is 0.755. The summed E-state index contributed by atoms with van der Waals surface area (Å²) in [6.45, 7) is 4.61. The summed E-state index contributed by atoms with van der Waals surface area (Å²) in [4.78, 5) is 1.50. The van der Waals surface area contributed by atoms with Gasteiger partial charge in [0.2, 0.25) is 0 Å². The van der Waals surface area contributed by atoms with Crippen molar-refractivity contribution in [3.63, 3.8) is 0 Å². The zero-order chi connectivity index (χ0) is 9.26. The van der Waals surface area contributed by atoms with Crippen molar-refractivity contribution < 1.29 is 0 Å². The summed E-state index contributed by atoms with van der Waals surface area (Å²) in [6.07, 6.45) is 0. The SMILES string of the molecule is CC(C)[C]1=[Ge][c]2ccccc2SS1. The molecule has 2 rings (SSSR count). The second-order valence-electron chi connectivity index (χ2n) is 3.31. The molecule has 0 saturated heterocycles. The minimum atomic E-state index is 0.00977. The van der Waals surface area contributed by atoms with Crippen LogP contribution < -0.4 is 4.40 Å². The molecule has 1 aliphatic rings. The van der Waals surface area contributed by atoms with E-state index in [-0.39, 0.29) is 15.0 Å². The fourth-order valence-corrected chi connectivity index (χ4v) is 8.68. The van der Waals surface area contributed by atoms with Crippen molar-refractivity contribution in [3.8, 4) is 0 Å². The van der Waals surface area contributed by atoms with Crippen LogP contribution in [0.4, 0.5) is 0 Å². The van der Waals surface area contributed by atoms with Crippen LogP contribution in [0.25, 0.3) is 0 Å². The zero-order valence-corrected chi connectivity index (χ0v) is 11.4. The van der Waals surface area contributed by atoms with E-state index in [0.29, 0.717) is 0 Å². The molecule has 0 nitrogen and oxygen atoms in total. The second-order valence-corrected chi connectivity index (χ2v) is 9.06. The molecule has 67 valence electrons. The summed E-state index contributed by atoms with van der Waals surface area (Å²) in [5.41, 5.74) is 0. The quantitative estimate of drug-likeness (QED) is 0.567. The van der Waals surface area contributed by atoms with Crippen molar-refractivity contribution >= 4 is 44.7 Å². The first-order valence-corrected chi connectivity index (χ1v) is 8.59. The molecule has 0 saturated carbocycles. The van der Waals surface area contributed by atoms with Crippen LogP contribution in [0, 0.1) is 5.92 Å². The molecular weight excluding hydrogens is 257 g/mol. The van der Waals surface area contributed by atoms with Gasteiger partial charge in [0.1, 0.15) is 0 Å². The average Bonchev–Trinajstić information content (AvgIpc) is 2.17. The van der Waals surface area contributed by atoms with E-state index in [1.54, 1.807) is 8.08 Å². The third-order valence-electron chi connectivity index (χ3n) is 1.89. The molecule has 0 aliphatic carbocycles. The maximum absolute atomic E-state index is 2.31. The minimum absolute atomic E-state index is 0.00977. The molecule has 0 fully saturated rings. The molecular formula is C10H11GeS2. The van der Waals surface area contributed by atoms with Gasteiger partial charge in [0.05, 0.1) is 0 Å². The Kier molecular flexibility index (Phi) is 3.22. The molecule has 0 N–H and O–H groups in total. The molecule has 1 aliphatic heterocycles. The van der Waals surface area contributed by atoms with Crippen LogP contribution >= 0.6 is 21.6 Å². The Bertz CT molecular complexity index is 345. The van der Waals surface area contributed by atoms with Crippen LogP contribution in [0.3, 0.4) is 0 Å². The molecule has 1 heterocycles. The molecule has 0 bridgehead atoms. The van der Waals surface area contributed by atoms with E-state index in [1.165, 1.54) is 4.90 Å². The molecule has 0 amide bonds. The number of benzene rings is 1. The van der Waals surface area contributed by atoms with Gasteiger partial charge in [0, 0.05) is 0 Å². The normalized spacial score (nSPS) is 15.5. The van der Waals surface area contributed by atoms with Crippen molar-refractivity contribution in [3.05, 3.63) is 24.3 Å². The Balaban J connectivity index is 2.38. The van der Waals surface area contributed by atoms with Gasteiger partial charge in [-0.2, -0.15) is 0 Å². The van der Waals surface area contributed by atoms with Gasteiger partial charge in [0.15, 0.2) is 0 Å². The standard InChI is InChI=1S/C10H11GeS2/c1-7(2)10-11-8-5-3-4-6-9(8)12-13-10/h3-7H,1-2H3. The average molecular weight is 268 g/mol. The number of hydrogen-bond donors (Lipinski definition) is 0. The van der Waals surface area contributed by atoms with Crippen molar-refractivity contribution in [2.75, 3.05) is 0 Å². The molecule has 0 spiro atoms. The van der Waals surface area contributed by atoms with E-state index >= 15 is 0 Å². The fourth-order valence-electron chi connectivity index (χ4n) is 1.13. The van der Waals surface area contributed by atoms with Crippen molar-refractivity contribution in [1.82, 2.24) is 0 Å². The van der Waals surface area contributed by atoms with E-state index in [2.05, 4.69) is 38.1 Å². The first-order chi connectivity index (χ1) is 6.27. The maximum atomic E-state index is 2.31. The Morgan fingerprint density at radius 3 is 2.69 bits per heavy atom. The second kappa shape index (κ2) is 4.24. The van der Waals surface area contributed by atoms with Gasteiger partial charge < -0.3 is 0 Å². The third-order valence-corrected chi connectivity index (χ3v) is 10.2. The monoisotopic (exact) mass is 269 g/mol. The van der Waals surface area contributed by atoms with Gasteiger partial charge in [0.25, 0.3) is 0 Å². The van der Waals surface area contributed by atoms with Gasteiger partial charge in [-0.15, -0.1) is 0 Å². The number of rotatable bonds is 1. The van der Waals surface area contributed by atoms with Crippen LogP contribution in [0.5, 0.6) is 0 Å². The number of fused-ring (bicyclic) bond motifs is 1. The zero-order valence-electron chi connectivity index (χ0n) is 7.70. The molecule has 1 aromatic carbocycles. The third kappa shape index (κ3) is 2.22. The van der Waals surface area contributed by atoms with Crippen LogP contribution in [-0.4, -0.2) is 18.7 Å². The Hall–Kier alpha value is 0.333. The van der Waals surface area contributed by atoms with Gasteiger partial charge in [-0.3, -0.25) is 0 Å². The molecule has 3 heteroatoms. The summed E-state index contributed by atoms with van der Waals surface area (Å²) < 4.78 is 3.35. The summed E-state index contributed by atoms with van der Waals surface area (Å²) in [7, 11) is 3.94. The topological polar surface area (TPSA) is 0 Å². The molecule has 1 aromatic rings. The van der Waals surface area contributed by atoms with Gasteiger partial charge >= 0.3 is 93.6 Å². The Morgan fingerprint density at radius 1 is 1.15 bits per heavy atom. The van der Waals surface area contributed by atoms with Crippen LogP contribution in [0.15, 0.2) is 29.2 Å². The molecule has 13 heavy (non-hydrogen) atoms. The van der Waals surface area contributed by atoms with Gasteiger partial charge in [-0.05, 0) is 0 Å². The molecule has 1 radical (unpaired) electrons. The van der Waals surface area contributed by atoms with Crippen LogP contribution in [0.2, 0.25) is 0 Å². The molecule has 0 aromatic heterocycles. The van der Waals surface area contributed by atoms with Crippen molar-refractivity contribution in [1.29, 1.82) is 0 Å². The summed E-state index contributed by atoms with van der Waals surface area (Å²) in [6, 6.07) is 8.84. The fraction of sp³-hybridized carbons (Fsp3) is 0.300. The van der Waals surface area contributed by atoms with Crippen molar-refractivity contribution in [2.24, 2.45) is 5.92 Å².